The maximum Gasteiger partial charge on any atom is 0.146 e. The summed E-state index contributed by atoms with van der Waals surface area (Å²) in [5.74, 6) is 0.448. The minimum Gasteiger partial charge on any atom is -0.382 e. The lowest BCUT2D eigenvalue weighted by Crippen LogP contribution is -1.95. The molecule has 1 aromatic carbocycles. The predicted molar refractivity (Wildman–Crippen MR) is 61.4 cm³/mol. The first-order chi connectivity index (χ1) is 7.16. The first kappa shape index (κ1) is 9.65. The van der Waals surface area contributed by atoms with Gasteiger partial charge < -0.3 is 5.73 Å². The zero-order valence-electron chi connectivity index (χ0n) is 8.86. The van der Waals surface area contributed by atoms with E-state index in [1.807, 2.05) is 6.07 Å². The number of aromatic nitrogens is 2. The Bertz CT molecular complexity index is 475. The van der Waals surface area contributed by atoms with Crippen LogP contribution in [0.2, 0.25) is 0 Å². The molecule has 0 unspecified atom stereocenters. The highest BCUT2D eigenvalue weighted by molar-refractivity contribution is 5.63. The van der Waals surface area contributed by atoms with E-state index in [2.05, 4.69) is 42.2 Å². The summed E-state index contributed by atoms with van der Waals surface area (Å²) in [6, 6.07) is 9.92. The smallest absolute Gasteiger partial charge is 0.146 e. The van der Waals surface area contributed by atoms with Crippen LogP contribution in [0.25, 0.3) is 11.3 Å². The van der Waals surface area contributed by atoms with Gasteiger partial charge in [0.05, 0.1) is 5.69 Å². The van der Waals surface area contributed by atoms with Crippen LogP contribution in [-0.4, -0.2) is 10.2 Å². The van der Waals surface area contributed by atoms with Crippen LogP contribution < -0.4 is 5.73 Å². The van der Waals surface area contributed by atoms with Crippen molar-refractivity contribution in [3.8, 4) is 11.3 Å². The number of nitrogens with two attached hydrogens (primary N) is 1. The quantitative estimate of drug-likeness (QED) is 0.767. The Balaban J connectivity index is 2.49. The summed E-state index contributed by atoms with van der Waals surface area (Å²) in [6.07, 6.45) is 0. The highest BCUT2D eigenvalue weighted by Crippen LogP contribution is 2.21. The first-order valence-corrected chi connectivity index (χ1v) is 4.83. The summed E-state index contributed by atoms with van der Waals surface area (Å²) in [5.41, 5.74) is 9.91. The average molecular weight is 199 g/mol. The Hall–Kier alpha value is -1.90. The van der Waals surface area contributed by atoms with E-state index < -0.39 is 0 Å². The number of nitrogen functional groups attached to an aromatic ring is 1. The molecule has 3 nitrogen and oxygen atoms in total. The molecule has 0 aliphatic carbocycles. The maximum atomic E-state index is 5.49. The topological polar surface area (TPSA) is 51.8 Å². The average Bonchev–Trinajstić information content (AvgIpc) is 2.20. The predicted octanol–water partition coefficient (Wildman–Crippen LogP) is 2.34. The van der Waals surface area contributed by atoms with Crippen molar-refractivity contribution in [2.75, 3.05) is 5.73 Å². The fraction of sp³-hybridized carbons (Fsp3) is 0.167. The second-order valence-electron chi connectivity index (χ2n) is 3.66. The standard InChI is InChI=1S/C12H13N3/c1-8-3-4-10(9(2)7-8)11-5-6-12(13)15-14-11/h3-7H,1-2H3,(H2,13,15). The second-order valence-corrected chi connectivity index (χ2v) is 3.66. The summed E-state index contributed by atoms with van der Waals surface area (Å²) >= 11 is 0. The molecule has 2 N–H and O–H groups in total. The van der Waals surface area contributed by atoms with E-state index in [0.29, 0.717) is 5.82 Å². The molecule has 3 heteroatoms. The molecule has 0 amide bonds. The monoisotopic (exact) mass is 199 g/mol. The van der Waals surface area contributed by atoms with Crippen molar-refractivity contribution < 1.29 is 0 Å². The molecule has 1 heterocycles. The van der Waals surface area contributed by atoms with Crippen LogP contribution in [-0.2, 0) is 0 Å². The van der Waals surface area contributed by atoms with Crippen molar-refractivity contribution in [1.82, 2.24) is 10.2 Å². The van der Waals surface area contributed by atoms with Crippen LogP contribution in [0.3, 0.4) is 0 Å². The molecule has 2 aromatic rings. The van der Waals surface area contributed by atoms with Crippen LogP contribution in [0.5, 0.6) is 0 Å². The van der Waals surface area contributed by atoms with Gasteiger partial charge in [-0.25, -0.2) is 0 Å². The Labute approximate surface area is 89.0 Å². The van der Waals surface area contributed by atoms with Gasteiger partial charge in [-0.15, -0.1) is 10.2 Å². The molecule has 1 aromatic heterocycles. The molecule has 76 valence electrons. The second kappa shape index (κ2) is 3.69. The van der Waals surface area contributed by atoms with Crippen molar-refractivity contribution in [3.05, 3.63) is 41.5 Å². The molecule has 0 bridgehead atoms. The lowest BCUT2D eigenvalue weighted by molar-refractivity contribution is 1.05. The SMILES string of the molecule is Cc1ccc(-c2ccc(N)nn2)c(C)c1. The molecule has 0 aliphatic heterocycles. The molecule has 0 spiro atoms. The van der Waals surface area contributed by atoms with Gasteiger partial charge in [-0.1, -0.05) is 23.8 Å². The van der Waals surface area contributed by atoms with Crippen molar-refractivity contribution in [2.24, 2.45) is 0 Å². The highest BCUT2D eigenvalue weighted by Gasteiger charge is 2.03. The fourth-order valence-corrected chi connectivity index (χ4v) is 1.59. The van der Waals surface area contributed by atoms with E-state index in [4.69, 9.17) is 5.73 Å². The number of hydrogen-bond acceptors (Lipinski definition) is 3. The molecule has 0 fully saturated rings. The normalized spacial score (nSPS) is 10.3. The van der Waals surface area contributed by atoms with Crippen LogP contribution >= 0.6 is 0 Å². The van der Waals surface area contributed by atoms with E-state index in [1.54, 1.807) is 6.07 Å². The Morgan fingerprint density at radius 2 is 1.80 bits per heavy atom. The number of benzene rings is 1. The minimum absolute atomic E-state index is 0.448. The molecule has 0 saturated carbocycles. The lowest BCUT2D eigenvalue weighted by atomic mass is 10.0. The van der Waals surface area contributed by atoms with E-state index >= 15 is 0 Å². The maximum absolute atomic E-state index is 5.49. The van der Waals surface area contributed by atoms with Crippen LogP contribution in [0.15, 0.2) is 30.3 Å². The number of rotatable bonds is 1. The van der Waals surface area contributed by atoms with E-state index in [1.165, 1.54) is 11.1 Å². The van der Waals surface area contributed by atoms with Gasteiger partial charge in [0.2, 0.25) is 0 Å². The van der Waals surface area contributed by atoms with Crippen molar-refractivity contribution in [2.45, 2.75) is 13.8 Å². The van der Waals surface area contributed by atoms with Gasteiger partial charge in [0.1, 0.15) is 5.82 Å². The Morgan fingerprint density at radius 1 is 1.00 bits per heavy atom. The zero-order chi connectivity index (χ0) is 10.8. The number of nitrogens with zero attached hydrogens (tertiary/aromatic N) is 2. The van der Waals surface area contributed by atoms with Crippen LogP contribution in [0, 0.1) is 13.8 Å². The highest BCUT2D eigenvalue weighted by atomic mass is 15.1. The first-order valence-electron chi connectivity index (χ1n) is 4.83. The molecule has 0 saturated heterocycles. The van der Waals surface area contributed by atoms with E-state index in [0.717, 1.165) is 11.3 Å². The van der Waals surface area contributed by atoms with Gasteiger partial charge in [0.25, 0.3) is 0 Å². The summed E-state index contributed by atoms with van der Waals surface area (Å²) in [5, 5.41) is 7.91. The third-order valence-electron chi connectivity index (χ3n) is 2.34. The molecule has 15 heavy (non-hydrogen) atoms. The zero-order valence-corrected chi connectivity index (χ0v) is 8.86. The van der Waals surface area contributed by atoms with Gasteiger partial charge in [0, 0.05) is 5.56 Å². The third kappa shape index (κ3) is 1.96. The number of hydrogen-bond donors (Lipinski definition) is 1. The van der Waals surface area contributed by atoms with Gasteiger partial charge in [0.15, 0.2) is 0 Å². The van der Waals surface area contributed by atoms with Crippen LogP contribution in [0.4, 0.5) is 5.82 Å². The molecule has 0 aliphatic rings. The van der Waals surface area contributed by atoms with Gasteiger partial charge in [-0.3, -0.25) is 0 Å². The minimum atomic E-state index is 0.448. The largest absolute Gasteiger partial charge is 0.382 e. The molecule has 0 radical (unpaired) electrons. The molecular weight excluding hydrogens is 186 g/mol. The number of aryl methyl sites for hydroxylation is 2. The summed E-state index contributed by atoms with van der Waals surface area (Å²) in [6.45, 7) is 4.14. The van der Waals surface area contributed by atoms with Gasteiger partial charge in [-0.2, -0.15) is 0 Å². The van der Waals surface area contributed by atoms with Crippen LogP contribution in [0.1, 0.15) is 11.1 Å². The Morgan fingerprint density at radius 3 is 2.40 bits per heavy atom. The molecular formula is C12H13N3. The summed E-state index contributed by atoms with van der Waals surface area (Å²) in [7, 11) is 0. The van der Waals surface area contributed by atoms with E-state index in [9.17, 15) is 0 Å². The summed E-state index contributed by atoms with van der Waals surface area (Å²) < 4.78 is 0. The van der Waals surface area contributed by atoms with Crippen molar-refractivity contribution in [1.29, 1.82) is 0 Å². The molecule has 0 atom stereocenters. The molecule has 2 rings (SSSR count). The van der Waals surface area contributed by atoms with Gasteiger partial charge >= 0.3 is 0 Å². The Kier molecular flexibility index (Phi) is 2.37. The summed E-state index contributed by atoms with van der Waals surface area (Å²) in [4.78, 5) is 0. The van der Waals surface area contributed by atoms with Crippen molar-refractivity contribution in [3.63, 3.8) is 0 Å². The lowest BCUT2D eigenvalue weighted by Gasteiger charge is -2.05. The van der Waals surface area contributed by atoms with Crippen molar-refractivity contribution >= 4 is 5.82 Å². The van der Waals surface area contributed by atoms with Gasteiger partial charge in [-0.05, 0) is 31.5 Å². The fourth-order valence-electron chi connectivity index (χ4n) is 1.59. The van der Waals surface area contributed by atoms with E-state index in [-0.39, 0.29) is 0 Å². The third-order valence-corrected chi connectivity index (χ3v) is 2.34. The number of anilines is 1.